The number of anilines is 1. The van der Waals surface area contributed by atoms with Crippen LogP contribution < -0.4 is 10.5 Å². The van der Waals surface area contributed by atoms with Crippen molar-refractivity contribution >= 4 is 11.8 Å². The summed E-state index contributed by atoms with van der Waals surface area (Å²) in [6, 6.07) is 0.152. The van der Waals surface area contributed by atoms with Gasteiger partial charge < -0.3 is 14.6 Å². The van der Waals surface area contributed by atoms with Crippen molar-refractivity contribution in [1.82, 2.24) is 9.55 Å². The summed E-state index contributed by atoms with van der Waals surface area (Å²) in [7, 11) is 0. The lowest BCUT2D eigenvalue weighted by molar-refractivity contribution is -0.135. The normalized spacial score (nSPS) is 14.6. The maximum atomic E-state index is 12.0. The number of nitrogens with zero attached hydrogens (tertiary/aromatic N) is 3. The molecule has 0 saturated heterocycles. The van der Waals surface area contributed by atoms with Crippen LogP contribution in [0, 0.1) is 0 Å². The van der Waals surface area contributed by atoms with Crippen LogP contribution in [0.4, 0.5) is 5.82 Å². The lowest BCUT2D eigenvalue weighted by Crippen LogP contribution is -2.38. The van der Waals surface area contributed by atoms with Crippen molar-refractivity contribution in [2.75, 3.05) is 11.4 Å². The number of hydrogen-bond acceptors (Lipinski definition) is 4. The molecule has 1 heterocycles. The van der Waals surface area contributed by atoms with E-state index in [1.165, 1.54) is 10.8 Å². The van der Waals surface area contributed by atoms with E-state index in [0.717, 1.165) is 12.8 Å². The summed E-state index contributed by atoms with van der Waals surface area (Å²) < 4.78 is 1.53. The quantitative estimate of drug-likeness (QED) is 0.798. The molecule has 0 unspecified atom stereocenters. The van der Waals surface area contributed by atoms with Crippen molar-refractivity contribution in [2.24, 2.45) is 0 Å². The Morgan fingerprint density at radius 1 is 1.65 bits per heavy atom. The van der Waals surface area contributed by atoms with E-state index in [0.29, 0.717) is 6.54 Å². The molecule has 6 heteroatoms. The first kappa shape index (κ1) is 11.6. The highest BCUT2D eigenvalue weighted by Crippen LogP contribution is 2.28. The third-order valence-electron chi connectivity index (χ3n) is 2.80. The molecule has 0 amide bonds. The summed E-state index contributed by atoms with van der Waals surface area (Å²) in [6.07, 6.45) is 5.00. The molecule has 0 spiro atoms. The maximum absolute atomic E-state index is 12.0. The van der Waals surface area contributed by atoms with Crippen molar-refractivity contribution in [2.45, 2.75) is 32.4 Å². The van der Waals surface area contributed by atoms with Crippen molar-refractivity contribution in [1.29, 1.82) is 0 Å². The van der Waals surface area contributed by atoms with Crippen LogP contribution >= 0.6 is 0 Å². The van der Waals surface area contributed by atoms with E-state index < -0.39 is 5.97 Å². The average Bonchev–Trinajstić information content (AvgIpc) is 3.10. The molecule has 0 bridgehead atoms. The third kappa shape index (κ3) is 2.46. The van der Waals surface area contributed by atoms with Gasteiger partial charge in [-0.15, -0.1) is 0 Å². The molecule has 0 atom stereocenters. The Morgan fingerprint density at radius 3 is 2.88 bits per heavy atom. The van der Waals surface area contributed by atoms with E-state index in [4.69, 9.17) is 5.11 Å². The van der Waals surface area contributed by atoms with Gasteiger partial charge in [0.1, 0.15) is 6.54 Å². The molecule has 1 aromatic heterocycles. The minimum absolute atomic E-state index is 0.152. The molecule has 6 nitrogen and oxygen atoms in total. The number of aryl methyl sites for hydroxylation is 1. The fourth-order valence-electron chi connectivity index (χ4n) is 1.79. The van der Waals surface area contributed by atoms with Gasteiger partial charge in [0.2, 0.25) is 0 Å². The first-order chi connectivity index (χ1) is 8.13. The van der Waals surface area contributed by atoms with Gasteiger partial charge in [-0.1, -0.05) is 0 Å². The van der Waals surface area contributed by atoms with Crippen LogP contribution in [0.2, 0.25) is 0 Å². The Morgan fingerprint density at radius 2 is 2.35 bits per heavy atom. The molecule has 1 aromatic rings. The molecule has 1 aliphatic carbocycles. The van der Waals surface area contributed by atoms with Gasteiger partial charge >= 0.3 is 5.97 Å². The SMILES string of the molecule is CCn1ccnc(N(CC(=O)O)C2CC2)c1=O. The summed E-state index contributed by atoms with van der Waals surface area (Å²) in [5.74, 6) is -0.691. The van der Waals surface area contributed by atoms with Crippen molar-refractivity contribution in [3.8, 4) is 0 Å². The van der Waals surface area contributed by atoms with Crippen LogP contribution in [-0.4, -0.2) is 33.2 Å². The van der Waals surface area contributed by atoms with Gasteiger partial charge in [-0.2, -0.15) is 0 Å². The first-order valence-electron chi connectivity index (χ1n) is 5.67. The second-order valence-corrected chi connectivity index (χ2v) is 4.09. The molecule has 0 aromatic carbocycles. The van der Waals surface area contributed by atoms with E-state index in [1.807, 2.05) is 6.92 Å². The van der Waals surface area contributed by atoms with E-state index in [1.54, 1.807) is 11.1 Å². The molecule has 1 fully saturated rings. The second kappa shape index (κ2) is 4.57. The number of rotatable bonds is 5. The third-order valence-corrected chi connectivity index (χ3v) is 2.80. The topological polar surface area (TPSA) is 75.4 Å². The van der Waals surface area contributed by atoms with Crippen LogP contribution in [0.5, 0.6) is 0 Å². The van der Waals surface area contributed by atoms with Gasteiger partial charge in [0.05, 0.1) is 0 Å². The Kier molecular flexibility index (Phi) is 3.12. The van der Waals surface area contributed by atoms with E-state index in [2.05, 4.69) is 4.98 Å². The van der Waals surface area contributed by atoms with Gasteiger partial charge in [-0.25, -0.2) is 4.98 Å². The molecule has 1 saturated carbocycles. The van der Waals surface area contributed by atoms with Crippen LogP contribution in [-0.2, 0) is 11.3 Å². The largest absolute Gasteiger partial charge is 0.480 e. The van der Waals surface area contributed by atoms with E-state index in [9.17, 15) is 9.59 Å². The smallest absolute Gasteiger partial charge is 0.323 e. The molecule has 0 aliphatic heterocycles. The lowest BCUT2D eigenvalue weighted by atomic mass is 10.4. The summed E-state index contributed by atoms with van der Waals surface area (Å²) in [4.78, 5) is 28.4. The fourth-order valence-corrected chi connectivity index (χ4v) is 1.79. The van der Waals surface area contributed by atoms with Crippen LogP contribution in [0.3, 0.4) is 0 Å². The van der Waals surface area contributed by atoms with Crippen molar-refractivity contribution < 1.29 is 9.90 Å². The number of aliphatic carboxylic acids is 1. The molecule has 0 radical (unpaired) electrons. The van der Waals surface area contributed by atoms with Gasteiger partial charge in [0.15, 0.2) is 5.82 Å². The molecule has 92 valence electrons. The first-order valence-corrected chi connectivity index (χ1v) is 5.67. The van der Waals surface area contributed by atoms with Gasteiger partial charge in [-0.3, -0.25) is 9.59 Å². The molecule has 17 heavy (non-hydrogen) atoms. The highest BCUT2D eigenvalue weighted by atomic mass is 16.4. The Hall–Kier alpha value is -1.85. The molecule has 1 N–H and O–H groups in total. The second-order valence-electron chi connectivity index (χ2n) is 4.09. The van der Waals surface area contributed by atoms with E-state index >= 15 is 0 Å². The van der Waals surface area contributed by atoms with Crippen molar-refractivity contribution in [3.63, 3.8) is 0 Å². The minimum Gasteiger partial charge on any atom is -0.480 e. The number of aromatic nitrogens is 2. The number of carboxylic acid groups (broad SMARTS) is 1. The zero-order valence-corrected chi connectivity index (χ0v) is 9.67. The average molecular weight is 237 g/mol. The highest BCUT2D eigenvalue weighted by molar-refractivity contribution is 5.73. The Labute approximate surface area is 98.5 Å². The molecule has 2 rings (SSSR count). The predicted octanol–water partition coefficient (Wildman–Crippen LogP) is 0.317. The fraction of sp³-hybridized carbons (Fsp3) is 0.545. The highest BCUT2D eigenvalue weighted by Gasteiger charge is 2.32. The predicted molar refractivity (Wildman–Crippen MR) is 62.2 cm³/mol. The van der Waals surface area contributed by atoms with E-state index in [-0.39, 0.29) is 24.0 Å². The summed E-state index contributed by atoms with van der Waals surface area (Å²) in [6.45, 7) is 2.25. The minimum atomic E-state index is -0.940. The van der Waals surface area contributed by atoms with Gasteiger partial charge in [0, 0.05) is 25.0 Å². The Balaban J connectivity index is 2.35. The molecular weight excluding hydrogens is 222 g/mol. The van der Waals surface area contributed by atoms with Crippen molar-refractivity contribution in [3.05, 3.63) is 22.7 Å². The van der Waals surface area contributed by atoms with Gasteiger partial charge in [-0.05, 0) is 19.8 Å². The molecular formula is C11H15N3O3. The lowest BCUT2D eigenvalue weighted by Gasteiger charge is -2.20. The number of carbonyl (C=O) groups is 1. The van der Waals surface area contributed by atoms with Crippen LogP contribution in [0.15, 0.2) is 17.2 Å². The van der Waals surface area contributed by atoms with Crippen LogP contribution in [0.25, 0.3) is 0 Å². The zero-order chi connectivity index (χ0) is 12.4. The summed E-state index contributed by atoms with van der Waals surface area (Å²) >= 11 is 0. The molecule has 1 aliphatic rings. The summed E-state index contributed by atoms with van der Waals surface area (Å²) in [5.41, 5.74) is -0.219. The number of carboxylic acids is 1. The van der Waals surface area contributed by atoms with Gasteiger partial charge in [0.25, 0.3) is 5.56 Å². The number of hydrogen-bond donors (Lipinski definition) is 1. The maximum Gasteiger partial charge on any atom is 0.323 e. The summed E-state index contributed by atoms with van der Waals surface area (Å²) in [5, 5.41) is 8.86. The zero-order valence-electron chi connectivity index (χ0n) is 9.67. The van der Waals surface area contributed by atoms with Crippen LogP contribution in [0.1, 0.15) is 19.8 Å². The standard InChI is InChI=1S/C11H15N3O3/c1-2-13-6-5-12-10(11(13)17)14(7-9(15)16)8-3-4-8/h5-6,8H,2-4,7H2,1H3,(H,15,16). The Bertz CT molecular complexity index is 479. The monoisotopic (exact) mass is 237 g/mol.